The summed E-state index contributed by atoms with van der Waals surface area (Å²) in [5.74, 6) is 0.519. The number of hydrogen-bond donors (Lipinski definition) is 1. The highest BCUT2D eigenvalue weighted by atomic mass is 32.2. The number of benzene rings is 1. The van der Waals surface area contributed by atoms with E-state index in [1.807, 2.05) is 0 Å². The molecule has 0 fully saturated rings. The van der Waals surface area contributed by atoms with E-state index in [2.05, 4.69) is 9.71 Å². The summed E-state index contributed by atoms with van der Waals surface area (Å²) in [5.41, 5.74) is 2.26. The summed E-state index contributed by atoms with van der Waals surface area (Å²) in [6.45, 7) is 2.57. The first-order valence-electron chi connectivity index (χ1n) is 8.36. The lowest BCUT2D eigenvalue weighted by Gasteiger charge is -2.18. The van der Waals surface area contributed by atoms with Crippen molar-refractivity contribution in [3.05, 3.63) is 47.8 Å². The van der Waals surface area contributed by atoms with Crippen LogP contribution in [0.25, 0.3) is 0 Å². The summed E-state index contributed by atoms with van der Waals surface area (Å²) in [6.07, 6.45) is 2.42. The lowest BCUT2D eigenvalue weighted by atomic mass is 10.2. The molecule has 1 aromatic heterocycles. The van der Waals surface area contributed by atoms with Gasteiger partial charge in [-0.05, 0) is 36.2 Å². The molecule has 1 amide bonds. The van der Waals surface area contributed by atoms with Gasteiger partial charge in [-0.15, -0.1) is 0 Å². The zero-order valence-electron chi connectivity index (χ0n) is 14.7. The molecule has 0 unspecified atom stereocenters. The van der Waals surface area contributed by atoms with Crippen molar-refractivity contribution in [1.82, 2.24) is 9.71 Å². The summed E-state index contributed by atoms with van der Waals surface area (Å²) in [6, 6.07) is 8.43. The number of aromatic nitrogens is 1. The summed E-state index contributed by atoms with van der Waals surface area (Å²) in [5, 5.41) is 0. The molecule has 1 aromatic carbocycles. The van der Waals surface area contributed by atoms with Gasteiger partial charge in [0.2, 0.25) is 15.9 Å². The number of nitrogens with one attached hydrogen (secondary N) is 1. The van der Waals surface area contributed by atoms with Crippen LogP contribution in [-0.2, 0) is 27.7 Å². The SMILES string of the molecule is CCNS(=O)(=O)c1ccc2c(c1)N(C(=O)Cc1ccc(OC)cn1)CC2. The number of rotatable bonds is 6. The van der Waals surface area contributed by atoms with E-state index in [1.165, 1.54) is 0 Å². The van der Waals surface area contributed by atoms with Crippen molar-refractivity contribution < 1.29 is 17.9 Å². The number of sulfonamides is 1. The first-order valence-corrected chi connectivity index (χ1v) is 9.85. The van der Waals surface area contributed by atoms with Crippen LogP contribution in [0.5, 0.6) is 5.75 Å². The predicted molar refractivity (Wildman–Crippen MR) is 97.9 cm³/mol. The van der Waals surface area contributed by atoms with Crippen LogP contribution >= 0.6 is 0 Å². The molecule has 0 saturated heterocycles. The molecule has 8 heteroatoms. The van der Waals surface area contributed by atoms with Crippen molar-refractivity contribution in [3.8, 4) is 5.75 Å². The van der Waals surface area contributed by atoms with Gasteiger partial charge >= 0.3 is 0 Å². The fourth-order valence-electron chi connectivity index (χ4n) is 2.95. The van der Waals surface area contributed by atoms with Crippen molar-refractivity contribution in [2.24, 2.45) is 0 Å². The van der Waals surface area contributed by atoms with Crippen molar-refractivity contribution in [1.29, 1.82) is 0 Å². The number of ether oxygens (including phenoxy) is 1. The second-order valence-corrected chi connectivity index (χ2v) is 7.72. The Kier molecular flexibility index (Phi) is 5.24. The van der Waals surface area contributed by atoms with Gasteiger partial charge in [0, 0.05) is 24.5 Å². The Hall–Kier alpha value is -2.45. The predicted octanol–water partition coefficient (Wildman–Crippen LogP) is 1.52. The molecule has 1 N–H and O–H groups in total. The molecule has 3 rings (SSSR count). The van der Waals surface area contributed by atoms with E-state index in [0.717, 1.165) is 5.56 Å². The second kappa shape index (κ2) is 7.43. The van der Waals surface area contributed by atoms with Crippen molar-refractivity contribution in [2.75, 3.05) is 25.1 Å². The number of methoxy groups -OCH3 is 1. The van der Waals surface area contributed by atoms with Gasteiger partial charge in [-0.3, -0.25) is 9.78 Å². The summed E-state index contributed by atoms with van der Waals surface area (Å²) < 4.78 is 32.0. The fraction of sp³-hybridized carbons (Fsp3) is 0.333. The minimum Gasteiger partial charge on any atom is -0.495 e. The molecule has 0 radical (unpaired) electrons. The number of fused-ring (bicyclic) bond motifs is 1. The first kappa shape index (κ1) is 18.3. The number of anilines is 1. The van der Waals surface area contributed by atoms with Crippen LogP contribution in [0.1, 0.15) is 18.2 Å². The zero-order chi connectivity index (χ0) is 18.7. The molecular formula is C18H21N3O4S. The third-order valence-corrected chi connectivity index (χ3v) is 5.81. The second-order valence-electron chi connectivity index (χ2n) is 5.95. The Bertz CT molecular complexity index is 911. The Morgan fingerprint density at radius 3 is 2.77 bits per heavy atom. The molecule has 0 aliphatic carbocycles. The lowest BCUT2D eigenvalue weighted by Crippen LogP contribution is -2.31. The third-order valence-electron chi connectivity index (χ3n) is 4.26. The van der Waals surface area contributed by atoms with Gasteiger partial charge in [0.25, 0.3) is 0 Å². The van der Waals surface area contributed by atoms with Crippen molar-refractivity contribution in [3.63, 3.8) is 0 Å². The molecule has 1 aliphatic heterocycles. The number of hydrogen-bond acceptors (Lipinski definition) is 5. The molecule has 0 atom stereocenters. The molecule has 2 heterocycles. The van der Waals surface area contributed by atoms with E-state index in [0.29, 0.717) is 36.6 Å². The first-order chi connectivity index (χ1) is 12.4. The lowest BCUT2D eigenvalue weighted by molar-refractivity contribution is -0.117. The molecule has 138 valence electrons. The minimum absolute atomic E-state index is 0.112. The molecule has 7 nitrogen and oxygen atoms in total. The number of nitrogens with zero attached hydrogens (tertiary/aromatic N) is 2. The number of amides is 1. The average molecular weight is 375 g/mol. The number of pyridine rings is 1. The molecule has 0 bridgehead atoms. The van der Waals surface area contributed by atoms with Gasteiger partial charge in [-0.25, -0.2) is 13.1 Å². The molecule has 0 saturated carbocycles. The Labute approximate surface area is 153 Å². The summed E-state index contributed by atoms with van der Waals surface area (Å²) in [7, 11) is -2.00. The van der Waals surface area contributed by atoms with Gasteiger partial charge in [0.15, 0.2) is 0 Å². The van der Waals surface area contributed by atoms with Gasteiger partial charge in [0.1, 0.15) is 5.75 Å². The van der Waals surface area contributed by atoms with Crippen LogP contribution in [0, 0.1) is 0 Å². The molecule has 2 aromatic rings. The largest absolute Gasteiger partial charge is 0.495 e. The minimum atomic E-state index is -3.56. The number of carbonyl (C=O) groups excluding carboxylic acids is 1. The monoisotopic (exact) mass is 375 g/mol. The summed E-state index contributed by atoms with van der Waals surface area (Å²) in [4.78, 5) is 18.7. The highest BCUT2D eigenvalue weighted by Gasteiger charge is 2.27. The van der Waals surface area contributed by atoms with E-state index < -0.39 is 10.0 Å². The highest BCUT2D eigenvalue weighted by Crippen LogP contribution is 2.31. The van der Waals surface area contributed by atoms with Crippen molar-refractivity contribution in [2.45, 2.75) is 24.7 Å². The quantitative estimate of drug-likeness (QED) is 0.827. The van der Waals surface area contributed by atoms with E-state index in [9.17, 15) is 13.2 Å². The van der Waals surface area contributed by atoms with E-state index in [1.54, 1.807) is 55.5 Å². The van der Waals surface area contributed by atoms with Crippen LogP contribution < -0.4 is 14.4 Å². The molecule has 0 spiro atoms. The maximum absolute atomic E-state index is 12.7. The normalized spacial score (nSPS) is 13.5. The van der Waals surface area contributed by atoms with Gasteiger partial charge in [0.05, 0.1) is 24.6 Å². The van der Waals surface area contributed by atoms with Crippen LogP contribution in [0.3, 0.4) is 0 Å². The summed E-state index contributed by atoms with van der Waals surface area (Å²) >= 11 is 0. The van der Waals surface area contributed by atoms with Crippen LogP contribution in [0.2, 0.25) is 0 Å². The van der Waals surface area contributed by atoms with E-state index in [4.69, 9.17) is 4.74 Å². The Morgan fingerprint density at radius 2 is 2.12 bits per heavy atom. The molecular weight excluding hydrogens is 354 g/mol. The highest BCUT2D eigenvalue weighted by molar-refractivity contribution is 7.89. The van der Waals surface area contributed by atoms with Crippen LogP contribution in [-0.4, -0.2) is 39.5 Å². The van der Waals surface area contributed by atoms with Crippen LogP contribution in [0.15, 0.2) is 41.4 Å². The van der Waals surface area contributed by atoms with Gasteiger partial charge in [-0.2, -0.15) is 0 Å². The van der Waals surface area contributed by atoms with Crippen molar-refractivity contribution >= 4 is 21.6 Å². The standard InChI is InChI=1S/C18H21N3O4S/c1-3-20-26(23,24)16-7-4-13-8-9-21(17(13)11-16)18(22)10-14-5-6-15(25-2)12-19-14/h4-7,11-12,20H,3,8-10H2,1-2H3. The smallest absolute Gasteiger partial charge is 0.240 e. The topological polar surface area (TPSA) is 88.6 Å². The maximum Gasteiger partial charge on any atom is 0.240 e. The van der Waals surface area contributed by atoms with Crippen LogP contribution in [0.4, 0.5) is 5.69 Å². The average Bonchev–Trinajstić information content (AvgIpc) is 3.05. The zero-order valence-corrected chi connectivity index (χ0v) is 15.5. The fourth-order valence-corrected chi connectivity index (χ4v) is 4.01. The third kappa shape index (κ3) is 3.71. The Morgan fingerprint density at radius 1 is 1.31 bits per heavy atom. The van der Waals surface area contributed by atoms with Gasteiger partial charge in [-0.1, -0.05) is 13.0 Å². The van der Waals surface area contributed by atoms with E-state index >= 15 is 0 Å². The Balaban J connectivity index is 1.82. The molecule has 1 aliphatic rings. The number of carbonyl (C=O) groups is 1. The maximum atomic E-state index is 12.7. The molecule has 26 heavy (non-hydrogen) atoms. The van der Waals surface area contributed by atoms with Gasteiger partial charge < -0.3 is 9.64 Å². The van der Waals surface area contributed by atoms with E-state index in [-0.39, 0.29) is 17.2 Å².